The van der Waals surface area contributed by atoms with Gasteiger partial charge in [-0.2, -0.15) is 0 Å². The minimum atomic E-state index is -0.0705. The Morgan fingerprint density at radius 2 is 1.83 bits per heavy atom. The summed E-state index contributed by atoms with van der Waals surface area (Å²) in [7, 11) is 0. The monoisotopic (exact) mass is 270 g/mol. The minimum Gasteiger partial charge on any atom is -0.356 e. The van der Waals surface area contributed by atoms with E-state index >= 15 is 0 Å². The summed E-state index contributed by atoms with van der Waals surface area (Å²) in [6.07, 6.45) is 2.33. The van der Waals surface area contributed by atoms with E-state index in [1.165, 1.54) is 11.1 Å². The van der Waals surface area contributed by atoms with Gasteiger partial charge in [0.05, 0.1) is 0 Å². The molecule has 0 bridgehead atoms. The lowest BCUT2D eigenvalue weighted by Gasteiger charge is -2.07. The predicted molar refractivity (Wildman–Crippen MR) is 78.0 cm³/mol. The summed E-state index contributed by atoms with van der Waals surface area (Å²) in [4.78, 5) is 11.4. The van der Waals surface area contributed by atoms with Gasteiger partial charge in [0.1, 0.15) is 0 Å². The number of nitrogens with two attached hydrogens (primary N) is 1. The van der Waals surface area contributed by atoms with Crippen molar-refractivity contribution in [3.63, 3.8) is 0 Å². The fraction of sp³-hybridized carbons (Fsp3) is 0.500. The molecule has 1 aromatic rings. The molecule has 0 saturated carbocycles. The Morgan fingerprint density at radius 3 is 2.33 bits per heavy atom. The third-order valence-corrected chi connectivity index (χ3v) is 2.67. The SMILES string of the molecule is CCc1ccc(CCNC(=O)CC(C)N)cc1.Cl. The van der Waals surface area contributed by atoms with Crippen molar-refractivity contribution in [3.8, 4) is 0 Å². The lowest BCUT2D eigenvalue weighted by atomic mass is 10.1. The second-order valence-corrected chi connectivity index (χ2v) is 4.45. The zero-order valence-corrected chi connectivity index (χ0v) is 11.9. The molecule has 1 aromatic carbocycles. The van der Waals surface area contributed by atoms with Crippen LogP contribution in [0.15, 0.2) is 24.3 Å². The van der Waals surface area contributed by atoms with Crippen molar-refractivity contribution in [2.24, 2.45) is 5.73 Å². The van der Waals surface area contributed by atoms with Crippen LogP contribution in [0.4, 0.5) is 0 Å². The van der Waals surface area contributed by atoms with E-state index in [0.29, 0.717) is 13.0 Å². The van der Waals surface area contributed by atoms with Crippen LogP contribution in [0.3, 0.4) is 0 Å². The Balaban J connectivity index is 0.00000289. The molecule has 0 fully saturated rings. The summed E-state index contributed by atoms with van der Waals surface area (Å²) in [6.45, 7) is 4.66. The van der Waals surface area contributed by atoms with Crippen LogP contribution in [0.5, 0.6) is 0 Å². The van der Waals surface area contributed by atoms with Crippen molar-refractivity contribution < 1.29 is 4.79 Å². The van der Waals surface area contributed by atoms with Crippen LogP contribution in [0.1, 0.15) is 31.4 Å². The number of carbonyl (C=O) groups is 1. The van der Waals surface area contributed by atoms with E-state index < -0.39 is 0 Å². The fourth-order valence-corrected chi connectivity index (χ4v) is 1.65. The average Bonchev–Trinajstić information content (AvgIpc) is 2.29. The highest BCUT2D eigenvalue weighted by Gasteiger charge is 2.03. The molecule has 0 spiro atoms. The van der Waals surface area contributed by atoms with Gasteiger partial charge in [0.25, 0.3) is 0 Å². The van der Waals surface area contributed by atoms with Crippen molar-refractivity contribution in [1.82, 2.24) is 5.32 Å². The highest BCUT2D eigenvalue weighted by atomic mass is 35.5. The molecule has 0 aliphatic carbocycles. The molecule has 0 aliphatic rings. The average molecular weight is 271 g/mol. The van der Waals surface area contributed by atoms with Crippen LogP contribution < -0.4 is 11.1 Å². The van der Waals surface area contributed by atoms with Gasteiger partial charge in [0.2, 0.25) is 5.91 Å². The molecule has 102 valence electrons. The molecular formula is C14H23ClN2O. The van der Waals surface area contributed by atoms with E-state index in [0.717, 1.165) is 12.8 Å². The van der Waals surface area contributed by atoms with Gasteiger partial charge < -0.3 is 11.1 Å². The number of amides is 1. The van der Waals surface area contributed by atoms with Crippen molar-refractivity contribution in [2.45, 2.75) is 39.2 Å². The molecular weight excluding hydrogens is 248 g/mol. The van der Waals surface area contributed by atoms with Crippen molar-refractivity contribution in [1.29, 1.82) is 0 Å². The first-order chi connectivity index (χ1) is 8.11. The lowest BCUT2D eigenvalue weighted by molar-refractivity contribution is -0.121. The van der Waals surface area contributed by atoms with Gasteiger partial charge in [-0.15, -0.1) is 12.4 Å². The summed E-state index contributed by atoms with van der Waals surface area (Å²) in [5.74, 6) is 0.0326. The maximum Gasteiger partial charge on any atom is 0.221 e. The van der Waals surface area contributed by atoms with E-state index in [1.54, 1.807) is 0 Å². The van der Waals surface area contributed by atoms with Gasteiger partial charge in [0.15, 0.2) is 0 Å². The highest BCUT2D eigenvalue weighted by molar-refractivity contribution is 5.85. The molecule has 3 N–H and O–H groups in total. The van der Waals surface area contributed by atoms with Crippen LogP contribution >= 0.6 is 12.4 Å². The second-order valence-electron chi connectivity index (χ2n) is 4.45. The Labute approximate surface area is 116 Å². The number of nitrogens with one attached hydrogen (secondary N) is 1. The number of halogens is 1. The first-order valence-corrected chi connectivity index (χ1v) is 6.22. The van der Waals surface area contributed by atoms with Crippen molar-refractivity contribution >= 4 is 18.3 Å². The van der Waals surface area contributed by atoms with Gasteiger partial charge in [-0.1, -0.05) is 31.2 Å². The molecule has 4 heteroatoms. The largest absolute Gasteiger partial charge is 0.356 e. The third-order valence-electron chi connectivity index (χ3n) is 2.67. The summed E-state index contributed by atoms with van der Waals surface area (Å²) < 4.78 is 0. The normalized spacial score (nSPS) is 11.5. The maximum atomic E-state index is 11.4. The topological polar surface area (TPSA) is 55.1 Å². The smallest absolute Gasteiger partial charge is 0.221 e. The molecule has 18 heavy (non-hydrogen) atoms. The number of benzene rings is 1. The van der Waals surface area contributed by atoms with Gasteiger partial charge in [-0.05, 0) is 30.9 Å². The van der Waals surface area contributed by atoms with E-state index in [2.05, 4.69) is 36.5 Å². The molecule has 0 aromatic heterocycles. The van der Waals surface area contributed by atoms with E-state index in [9.17, 15) is 4.79 Å². The zero-order chi connectivity index (χ0) is 12.7. The highest BCUT2D eigenvalue weighted by Crippen LogP contribution is 2.05. The molecule has 0 saturated heterocycles. The minimum absolute atomic E-state index is 0. The Bertz CT molecular complexity index is 349. The van der Waals surface area contributed by atoms with Gasteiger partial charge in [0, 0.05) is 19.0 Å². The van der Waals surface area contributed by atoms with Gasteiger partial charge in [-0.25, -0.2) is 0 Å². The number of aryl methyl sites for hydroxylation is 1. The predicted octanol–water partition coefficient (Wildman–Crippen LogP) is 2.07. The van der Waals surface area contributed by atoms with Gasteiger partial charge in [-0.3, -0.25) is 4.79 Å². The summed E-state index contributed by atoms with van der Waals surface area (Å²) >= 11 is 0. The van der Waals surface area contributed by atoms with E-state index in [1.807, 2.05) is 6.92 Å². The zero-order valence-electron chi connectivity index (χ0n) is 11.1. The first-order valence-electron chi connectivity index (χ1n) is 6.22. The Kier molecular flexibility index (Phi) is 8.42. The fourth-order valence-electron chi connectivity index (χ4n) is 1.65. The van der Waals surface area contributed by atoms with Crippen LogP contribution in [-0.2, 0) is 17.6 Å². The number of rotatable bonds is 6. The Hall–Kier alpha value is -1.06. The molecule has 1 unspecified atom stereocenters. The van der Waals surface area contributed by atoms with Crippen LogP contribution in [-0.4, -0.2) is 18.5 Å². The standard InChI is InChI=1S/C14H22N2O.ClH/c1-3-12-4-6-13(7-5-12)8-9-16-14(17)10-11(2)15;/h4-7,11H,3,8-10,15H2,1-2H3,(H,16,17);1H. The summed E-state index contributed by atoms with van der Waals surface area (Å²) in [6, 6.07) is 8.45. The molecule has 1 atom stereocenters. The number of hydrogen-bond acceptors (Lipinski definition) is 2. The summed E-state index contributed by atoms with van der Waals surface area (Å²) in [5.41, 5.74) is 8.14. The van der Waals surface area contributed by atoms with Crippen molar-refractivity contribution in [2.75, 3.05) is 6.54 Å². The van der Waals surface area contributed by atoms with Crippen LogP contribution in [0.2, 0.25) is 0 Å². The van der Waals surface area contributed by atoms with Gasteiger partial charge >= 0.3 is 0 Å². The molecule has 3 nitrogen and oxygen atoms in total. The van der Waals surface area contributed by atoms with Crippen molar-refractivity contribution in [3.05, 3.63) is 35.4 Å². The van der Waals surface area contributed by atoms with Crippen LogP contribution in [0.25, 0.3) is 0 Å². The van der Waals surface area contributed by atoms with Crippen LogP contribution in [0, 0.1) is 0 Å². The quantitative estimate of drug-likeness (QED) is 0.831. The maximum absolute atomic E-state index is 11.4. The molecule has 0 aliphatic heterocycles. The molecule has 0 heterocycles. The number of carbonyl (C=O) groups excluding carboxylic acids is 1. The Morgan fingerprint density at radius 1 is 1.28 bits per heavy atom. The summed E-state index contributed by atoms with van der Waals surface area (Å²) in [5, 5.41) is 2.87. The second kappa shape index (κ2) is 8.95. The lowest BCUT2D eigenvalue weighted by Crippen LogP contribution is -2.31. The third kappa shape index (κ3) is 6.62. The van der Waals surface area contributed by atoms with E-state index in [4.69, 9.17) is 5.73 Å². The molecule has 1 rings (SSSR count). The van der Waals surface area contributed by atoms with E-state index in [-0.39, 0.29) is 24.4 Å². The first kappa shape index (κ1) is 16.9. The number of hydrogen-bond donors (Lipinski definition) is 2. The molecule has 1 amide bonds. The molecule has 0 radical (unpaired) electrons.